The lowest BCUT2D eigenvalue weighted by molar-refractivity contribution is 0.0334. The van der Waals surface area contributed by atoms with Crippen molar-refractivity contribution in [3.05, 3.63) is 71.8 Å². The van der Waals surface area contributed by atoms with Crippen LogP contribution in [-0.2, 0) is 9.68 Å². The van der Waals surface area contributed by atoms with Crippen molar-refractivity contribution < 1.29 is 19.3 Å². The third-order valence-electron chi connectivity index (χ3n) is 4.03. The number of para-hydroxylation sites is 1. The number of nitrogens with one attached hydrogen (secondary N) is 1. The monoisotopic (exact) mass is 334 g/mol. The molecule has 0 fully saturated rings. The van der Waals surface area contributed by atoms with Crippen LogP contribution in [0.1, 0.15) is 20.7 Å². The summed E-state index contributed by atoms with van der Waals surface area (Å²) in [6.07, 6.45) is 0.736. The average Bonchev–Trinajstić information content (AvgIpc) is 3.09. The second-order valence-electron chi connectivity index (χ2n) is 5.55. The fraction of sp³-hybridized carbons (Fsp3) is 0.0526. The Hall–Kier alpha value is -3.38. The van der Waals surface area contributed by atoms with Gasteiger partial charge in [-0.2, -0.15) is 10.0 Å². The van der Waals surface area contributed by atoms with E-state index in [1.54, 1.807) is 30.3 Å². The maximum absolute atomic E-state index is 12.3. The van der Waals surface area contributed by atoms with Gasteiger partial charge in [0.2, 0.25) is 0 Å². The molecule has 3 aromatic rings. The van der Waals surface area contributed by atoms with Crippen molar-refractivity contribution in [2.24, 2.45) is 0 Å². The third kappa shape index (κ3) is 2.79. The summed E-state index contributed by atoms with van der Waals surface area (Å²) in [4.78, 5) is 28.6. The lowest BCUT2D eigenvalue weighted by Crippen LogP contribution is -2.25. The van der Waals surface area contributed by atoms with Crippen LogP contribution in [0, 0.1) is 0 Å². The van der Waals surface area contributed by atoms with E-state index in [2.05, 4.69) is 5.48 Å². The quantitative estimate of drug-likeness (QED) is 0.581. The summed E-state index contributed by atoms with van der Waals surface area (Å²) in [6.45, 7) is -0.103. The van der Waals surface area contributed by atoms with Crippen LogP contribution in [0.2, 0.25) is 0 Å². The number of hydrogen-bond donors (Lipinski definition) is 1. The number of ether oxygens (including phenoxy) is 1. The van der Waals surface area contributed by atoms with E-state index in [9.17, 15) is 9.59 Å². The minimum absolute atomic E-state index is 0.103. The van der Waals surface area contributed by atoms with Crippen molar-refractivity contribution in [2.75, 3.05) is 17.3 Å². The molecule has 0 radical (unpaired) electrons. The Bertz CT molecular complexity index is 971. The number of esters is 1. The molecule has 124 valence electrons. The molecule has 0 saturated heterocycles. The maximum Gasteiger partial charge on any atom is 0.339 e. The summed E-state index contributed by atoms with van der Waals surface area (Å²) in [5, 5.41) is 3.40. The van der Waals surface area contributed by atoms with E-state index in [0.29, 0.717) is 22.5 Å². The van der Waals surface area contributed by atoms with E-state index in [1.807, 2.05) is 30.3 Å². The number of nitrogens with zero attached hydrogens (tertiary/aromatic N) is 1. The lowest BCUT2D eigenvalue weighted by Gasteiger charge is -2.15. The van der Waals surface area contributed by atoms with Gasteiger partial charge in [0.15, 0.2) is 13.0 Å². The molecule has 1 aliphatic rings. The molecule has 0 saturated carbocycles. The number of hydroxylamine groups is 1. The molecular weight excluding hydrogens is 320 g/mol. The SMILES string of the molecule is O=Cc1cccc2c1NON2COC(=O)c1ccc2ccccc2c1. The number of rotatable bonds is 4. The highest BCUT2D eigenvalue weighted by molar-refractivity contribution is 5.95. The molecule has 6 heteroatoms. The minimum Gasteiger partial charge on any atom is -0.438 e. The highest BCUT2D eigenvalue weighted by Crippen LogP contribution is 2.34. The molecule has 0 aliphatic carbocycles. The molecule has 0 unspecified atom stereocenters. The highest BCUT2D eigenvalue weighted by atomic mass is 16.8. The van der Waals surface area contributed by atoms with E-state index in [-0.39, 0.29) is 6.73 Å². The summed E-state index contributed by atoms with van der Waals surface area (Å²) >= 11 is 0. The van der Waals surface area contributed by atoms with Crippen LogP contribution < -0.4 is 10.5 Å². The van der Waals surface area contributed by atoms with Gasteiger partial charge < -0.3 is 4.74 Å². The van der Waals surface area contributed by atoms with Gasteiger partial charge in [-0.25, -0.2) is 10.3 Å². The first-order valence-corrected chi connectivity index (χ1v) is 7.71. The Morgan fingerprint density at radius 3 is 2.76 bits per heavy atom. The van der Waals surface area contributed by atoms with Crippen LogP contribution in [-0.4, -0.2) is 19.0 Å². The Morgan fingerprint density at radius 2 is 1.92 bits per heavy atom. The molecule has 25 heavy (non-hydrogen) atoms. The van der Waals surface area contributed by atoms with Gasteiger partial charge in [0, 0.05) is 5.56 Å². The van der Waals surface area contributed by atoms with Crippen LogP contribution in [0.5, 0.6) is 0 Å². The van der Waals surface area contributed by atoms with Crippen molar-refractivity contribution in [1.82, 2.24) is 0 Å². The van der Waals surface area contributed by atoms with Gasteiger partial charge in [0.25, 0.3) is 0 Å². The van der Waals surface area contributed by atoms with Crippen molar-refractivity contribution >= 4 is 34.4 Å². The first kappa shape index (κ1) is 15.2. The standard InChI is InChI=1S/C19H14N2O4/c22-11-16-6-3-7-17-18(16)20-25-21(17)12-24-19(23)15-9-8-13-4-1-2-5-14(13)10-15/h1-11,20H,12H2. The molecule has 0 spiro atoms. The predicted molar refractivity (Wildman–Crippen MR) is 93.2 cm³/mol. The normalized spacial score (nSPS) is 12.6. The molecule has 3 aromatic carbocycles. The fourth-order valence-electron chi connectivity index (χ4n) is 2.74. The Labute approximate surface area is 143 Å². The lowest BCUT2D eigenvalue weighted by atomic mass is 10.1. The molecule has 1 aliphatic heterocycles. The molecule has 0 atom stereocenters. The topological polar surface area (TPSA) is 67.9 Å². The fourth-order valence-corrected chi connectivity index (χ4v) is 2.74. The number of anilines is 2. The molecule has 0 aromatic heterocycles. The number of hydrogen-bond acceptors (Lipinski definition) is 6. The molecule has 6 nitrogen and oxygen atoms in total. The summed E-state index contributed by atoms with van der Waals surface area (Å²) in [5.74, 6) is -0.450. The van der Waals surface area contributed by atoms with E-state index >= 15 is 0 Å². The van der Waals surface area contributed by atoms with E-state index < -0.39 is 5.97 Å². The second kappa shape index (κ2) is 6.26. The van der Waals surface area contributed by atoms with Gasteiger partial charge in [-0.3, -0.25) is 4.79 Å². The zero-order valence-electron chi connectivity index (χ0n) is 13.1. The zero-order chi connectivity index (χ0) is 17.2. The van der Waals surface area contributed by atoms with Crippen molar-refractivity contribution in [3.63, 3.8) is 0 Å². The summed E-state index contributed by atoms with van der Waals surface area (Å²) in [5.41, 5.74) is 4.79. The van der Waals surface area contributed by atoms with Crippen molar-refractivity contribution in [2.45, 2.75) is 0 Å². The van der Waals surface area contributed by atoms with Crippen LogP contribution in [0.25, 0.3) is 10.8 Å². The van der Waals surface area contributed by atoms with Crippen LogP contribution in [0.4, 0.5) is 11.4 Å². The van der Waals surface area contributed by atoms with E-state index in [4.69, 9.17) is 9.68 Å². The highest BCUT2D eigenvalue weighted by Gasteiger charge is 2.24. The number of benzene rings is 3. The van der Waals surface area contributed by atoms with Gasteiger partial charge in [-0.1, -0.05) is 36.4 Å². The first-order valence-electron chi connectivity index (χ1n) is 7.71. The van der Waals surface area contributed by atoms with E-state index in [1.165, 1.54) is 5.06 Å². The first-order chi connectivity index (χ1) is 12.3. The van der Waals surface area contributed by atoms with Gasteiger partial charge in [0.1, 0.15) is 0 Å². The Balaban J connectivity index is 1.49. The number of aldehydes is 1. The summed E-state index contributed by atoms with van der Waals surface area (Å²) < 4.78 is 5.32. The minimum atomic E-state index is -0.450. The Kier molecular flexibility index (Phi) is 3.80. The average molecular weight is 334 g/mol. The summed E-state index contributed by atoms with van der Waals surface area (Å²) in [6, 6.07) is 18.4. The van der Waals surface area contributed by atoms with Crippen molar-refractivity contribution in [3.8, 4) is 0 Å². The molecule has 4 rings (SSSR count). The Morgan fingerprint density at radius 1 is 1.08 bits per heavy atom. The third-order valence-corrected chi connectivity index (χ3v) is 4.03. The van der Waals surface area contributed by atoms with Gasteiger partial charge in [-0.05, 0) is 35.0 Å². The van der Waals surface area contributed by atoms with Crippen molar-refractivity contribution in [1.29, 1.82) is 0 Å². The van der Waals surface area contributed by atoms with Crippen LogP contribution in [0.15, 0.2) is 60.7 Å². The number of carbonyl (C=O) groups excluding carboxylic acids is 2. The van der Waals surface area contributed by atoms with E-state index in [0.717, 1.165) is 17.1 Å². The number of fused-ring (bicyclic) bond motifs is 2. The molecule has 0 amide bonds. The zero-order valence-corrected chi connectivity index (χ0v) is 13.1. The van der Waals surface area contributed by atoms with Gasteiger partial charge in [-0.15, -0.1) is 0 Å². The molecule has 0 bridgehead atoms. The maximum atomic E-state index is 12.3. The predicted octanol–water partition coefficient (Wildman–Crippen LogP) is 3.55. The van der Waals surface area contributed by atoms with Gasteiger partial charge in [0.05, 0.1) is 16.9 Å². The van der Waals surface area contributed by atoms with Crippen LogP contribution in [0.3, 0.4) is 0 Å². The van der Waals surface area contributed by atoms with Gasteiger partial charge >= 0.3 is 5.97 Å². The smallest absolute Gasteiger partial charge is 0.339 e. The molecule has 1 N–H and O–H groups in total. The number of carbonyl (C=O) groups is 2. The van der Waals surface area contributed by atoms with Crippen LogP contribution >= 0.6 is 0 Å². The second-order valence-corrected chi connectivity index (χ2v) is 5.55. The summed E-state index contributed by atoms with van der Waals surface area (Å²) in [7, 11) is 0. The molecule has 1 heterocycles. The molecular formula is C19H14N2O4. The largest absolute Gasteiger partial charge is 0.438 e.